The first kappa shape index (κ1) is 13.9. The summed E-state index contributed by atoms with van der Waals surface area (Å²) in [5, 5.41) is 14.6. The van der Waals surface area contributed by atoms with Crippen LogP contribution in [-0.2, 0) is 14.3 Å². The summed E-state index contributed by atoms with van der Waals surface area (Å²) in [5.74, 6) is -1.20. The Hall–Kier alpha value is -1.14. The fourth-order valence-electron chi connectivity index (χ4n) is 1.73. The second-order valence-corrected chi connectivity index (χ2v) is 4.03. The summed E-state index contributed by atoms with van der Waals surface area (Å²) in [6.45, 7) is 4.39. The van der Waals surface area contributed by atoms with Gasteiger partial charge < -0.3 is 20.5 Å². The van der Waals surface area contributed by atoms with Gasteiger partial charge in [0, 0.05) is 6.54 Å². The van der Waals surface area contributed by atoms with Crippen molar-refractivity contribution in [1.82, 2.24) is 10.6 Å². The summed E-state index contributed by atoms with van der Waals surface area (Å²) in [7, 11) is 0. The van der Waals surface area contributed by atoms with Crippen LogP contribution >= 0.6 is 0 Å². The second-order valence-electron chi connectivity index (χ2n) is 4.03. The lowest BCUT2D eigenvalue weighted by atomic mass is 10.2. The average Bonchev–Trinajstić information content (AvgIpc) is 2.78. The molecule has 0 radical (unpaired) electrons. The van der Waals surface area contributed by atoms with E-state index in [1.165, 1.54) is 0 Å². The fourth-order valence-corrected chi connectivity index (χ4v) is 1.73. The van der Waals surface area contributed by atoms with Gasteiger partial charge in [-0.2, -0.15) is 0 Å². The number of amides is 1. The SMILES string of the molecule is CCNCCCNC(=O)C1CCC(C(=O)O)O1. The van der Waals surface area contributed by atoms with E-state index in [1.54, 1.807) is 0 Å². The van der Waals surface area contributed by atoms with E-state index in [1.807, 2.05) is 6.92 Å². The molecule has 1 heterocycles. The molecule has 0 aliphatic carbocycles. The number of ether oxygens (including phenoxy) is 1. The highest BCUT2D eigenvalue weighted by Crippen LogP contribution is 2.19. The Kier molecular flexibility index (Phi) is 5.93. The lowest BCUT2D eigenvalue weighted by Gasteiger charge is -2.11. The predicted molar refractivity (Wildman–Crippen MR) is 61.7 cm³/mol. The van der Waals surface area contributed by atoms with Crippen molar-refractivity contribution in [2.24, 2.45) is 0 Å². The topological polar surface area (TPSA) is 87.7 Å². The maximum absolute atomic E-state index is 11.6. The van der Waals surface area contributed by atoms with E-state index in [9.17, 15) is 9.59 Å². The molecule has 98 valence electrons. The smallest absolute Gasteiger partial charge is 0.332 e. The first-order valence-corrected chi connectivity index (χ1v) is 6.01. The Morgan fingerprint density at radius 1 is 1.29 bits per heavy atom. The number of nitrogens with one attached hydrogen (secondary N) is 2. The molecule has 0 aromatic carbocycles. The van der Waals surface area contributed by atoms with Gasteiger partial charge in [-0.3, -0.25) is 4.79 Å². The van der Waals surface area contributed by atoms with Gasteiger partial charge in [0.1, 0.15) is 6.10 Å². The zero-order valence-corrected chi connectivity index (χ0v) is 10.1. The van der Waals surface area contributed by atoms with Crippen molar-refractivity contribution < 1.29 is 19.4 Å². The summed E-state index contributed by atoms with van der Waals surface area (Å²) in [6, 6.07) is 0. The number of carboxylic acids is 1. The van der Waals surface area contributed by atoms with E-state index in [-0.39, 0.29) is 5.91 Å². The highest BCUT2D eigenvalue weighted by molar-refractivity contribution is 5.82. The van der Waals surface area contributed by atoms with Gasteiger partial charge in [-0.15, -0.1) is 0 Å². The number of hydrogen-bond donors (Lipinski definition) is 3. The van der Waals surface area contributed by atoms with E-state index in [2.05, 4.69) is 10.6 Å². The monoisotopic (exact) mass is 244 g/mol. The predicted octanol–water partition coefficient (Wildman–Crippen LogP) is -0.266. The summed E-state index contributed by atoms with van der Waals surface area (Å²) >= 11 is 0. The average molecular weight is 244 g/mol. The molecule has 0 aromatic rings. The van der Waals surface area contributed by atoms with Crippen LogP contribution in [-0.4, -0.2) is 48.8 Å². The molecule has 1 aliphatic rings. The van der Waals surface area contributed by atoms with Gasteiger partial charge in [-0.05, 0) is 32.4 Å². The van der Waals surface area contributed by atoms with Gasteiger partial charge in [-0.25, -0.2) is 4.79 Å². The minimum atomic E-state index is -0.993. The second kappa shape index (κ2) is 7.24. The third-order valence-corrected chi connectivity index (χ3v) is 2.67. The van der Waals surface area contributed by atoms with Crippen LogP contribution in [0, 0.1) is 0 Å². The lowest BCUT2D eigenvalue weighted by molar-refractivity contribution is -0.151. The van der Waals surface area contributed by atoms with Crippen LogP contribution in [0.2, 0.25) is 0 Å². The molecule has 17 heavy (non-hydrogen) atoms. The van der Waals surface area contributed by atoms with Gasteiger partial charge >= 0.3 is 5.97 Å². The summed E-state index contributed by atoms with van der Waals surface area (Å²) in [5.41, 5.74) is 0. The Bertz CT molecular complexity index is 270. The zero-order valence-electron chi connectivity index (χ0n) is 10.1. The molecule has 2 unspecified atom stereocenters. The minimum absolute atomic E-state index is 0.203. The van der Waals surface area contributed by atoms with Crippen LogP contribution in [0.4, 0.5) is 0 Å². The Morgan fingerprint density at radius 3 is 2.59 bits per heavy atom. The highest BCUT2D eigenvalue weighted by Gasteiger charge is 2.34. The molecule has 6 nitrogen and oxygen atoms in total. The Labute approximate surface area is 101 Å². The summed E-state index contributed by atoms with van der Waals surface area (Å²) in [4.78, 5) is 22.2. The molecule has 2 atom stereocenters. The van der Waals surface area contributed by atoms with Crippen LogP contribution in [0.15, 0.2) is 0 Å². The Morgan fingerprint density at radius 2 is 2.00 bits per heavy atom. The van der Waals surface area contributed by atoms with Crippen LogP contribution in [0.25, 0.3) is 0 Å². The number of hydrogen-bond acceptors (Lipinski definition) is 4. The van der Waals surface area contributed by atoms with E-state index in [4.69, 9.17) is 9.84 Å². The van der Waals surface area contributed by atoms with Crippen LogP contribution in [0.3, 0.4) is 0 Å². The molecule has 6 heteroatoms. The summed E-state index contributed by atoms with van der Waals surface area (Å²) < 4.78 is 5.14. The minimum Gasteiger partial charge on any atom is -0.479 e. The standard InChI is InChI=1S/C11H20N2O4/c1-2-12-6-3-7-13-10(14)8-4-5-9(17-8)11(15)16/h8-9,12H,2-7H2,1H3,(H,13,14)(H,15,16). The molecule has 1 rings (SSSR count). The number of rotatable bonds is 7. The van der Waals surface area contributed by atoms with Crippen LogP contribution < -0.4 is 10.6 Å². The van der Waals surface area contributed by atoms with Crippen molar-refractivity contribution in [3.05, 3.63) is 0 Å². The first-order valence-electron chi connectivity index (χ1n) is 6.01. The number of carbonyl (C=O) groups excluding carboxylic acids is 1. The fraction of sp³-hybridized carbons (Fsp3) is 0.818. The molecular formula is C11H20N2O4. The van der Waals surface area contributed by atoms with Crippen molar-refractivity contribution >= 4 is 11.9 Å². The van der Waals surface area contributed by atoms with Gasteiger partial charge in [-0.1, -0.05) is 6.92 Å². The third kappa shape index (κ3) is 4.70. The molecular weight excluding hydrogens is 224 g/mol. The quantitative estimate of drug-likeness (QED) is 0.537. The lowest BCUT2D eigenvalue weighted by Crippen LogP contribution is -2.36. The summed E-state index contributed by atoms with van der Waals surface area (Å²) in [6.07, 6.45) is 0.317. The molecule has 1 saturated heterocycles. The van der Waals surface area contributed by atoms with Gasteiger partial charge in [0.05, 0.1) is 0 Å². The molecule has 0 aromatic heterocycles. The van der Waals surface area contributed by atoms with E-state index in [0.29, 0.717) is 19.4 Å². The van der Waals surface area contributed by atoms with Gasteiger partial charge in [0.2, 0.25) is 5.91 Å². The van der Waals surface area contributed by atoms with Crippen molar-refractivity contribution in [3.8, 4) is 0 Å². The molecule has 0 saturated carbocycles. The van der Waals surface area contributed by atoms with Crippen LogP contribution in [0.1, 0.15) is 26.2 Å². The molecule has 0 bridgehead atoms. The van der Waals surface area contributed by atoms with Crippen LogP contribution in [0.5, 0.6) is 0 Å². The van der Waals surface area contributed by atoms with Crippen molar-refractivity contribution in [3.63, 3.8) is 0 Å². The van der Waals surface area contributed by atoms with Crippen molar-refractivity contribution in [2.75, 3.05) is 19.6 Å². The number of carbonyl (C=O) groups is 2. The number of aliphatic carboxylic acids is 1. The normalized spacial score (nSPS) is 23.6. The molecule has 1 amide bonds. The third-order valence-electron chi connectivity index (χ3n) is 2.67. The highest BCUT2D eigenvalue weighted by atomic mass is 16.5. The van der Waals surface area contributed by atoms with Gasteiger partial charge in [0.25, 0.3) is 0 Å². The Balaban J connectivity index is 2.14. The molecule has 3 N–H and O–H groups in total. The number of carboxylic acid groups (broad SMARTS) is 1. The van der Waals surface area contributed by atoms with E-state index >= 15 is 0 Å². The first-order chi connectivity index (χ1) is 8.15. The van der Waals surface area contributed by atoms with Crippen molar-refractivity contribution in [1.29, 1.82) is 0 Å². The molecule has 0 spiro atoms. The maximum Gasteiger partial charge on any atom is 0.332 e. The molecule has 1 aliphatic heterocycles. The largest absolute Gasteiger partial charge is 0.479 e. The van der Waals surface area contributed by atoms with Gasteiger partial charge in [0.15, 0.2) is 6.10 Å². The maximum atomic E-state index is 11.6. The molecule has 1 fully saturated rings. The van der Waals surface area contributed by atoms with E-state index in [0.717, 1.165) is 19.5 Å². The van der Waals surface area contributed by atoms with Crippen molar-refractivity contribution in [2.45, 2.75) is 38.4 Å². The van der Waals surface area contributed by atoms with E-state index < -0.39 is 18.2 Å². The zero-order chi connectivity index (χ0) is 12.7.